The average molecular weight is 194 g/mol. The van der Waals surface area contributed by atoms with Crippen molar-refractivity contribution in [2.24, 2.45) is 0 Å². The van der Waals surface area contributed by atoms with Crippen molar-refractivity contribution >= 4 is 17.6 Å². The molecule has 0 radical (unpaired) electrons. The molecule has 1 aromatic heterocycles. The summed E-state index contributed by atoms with van der Waals surface area (Å²) in [7, 11) is 0. The highest BCUT2D eigenvalue weighted by Crippen LogP contribution is 2.03. The van der Waals surface area contributed by atoms with E-state index in [1.807, 2.05) is 6.07 Å². The maximum atomic E-state index is 10.7. The second-order valence-electron chi connectivity index (χ2n) is 2.34. The van der Waals surface area contributed by atoms with E-state index in [2.05, 4.69) is 10.4 Å². The Morgan fingerprint density at radius 3 is 3.00 bits per heavy atom. The van der Waals surface area contributed by atoms with Gasteiger partial charge in [0, 0.05) is 6.20 Å². The van der Waals surface area contributed by atoms with Gasteiger partial charge >= 0.3 is 11.9 Å². The first-order valence-corrected chi connectivity index (χ1v) is 3.57. The zero-order chi connectivity index (χ0) is 10.6. The van der Waals surface area contributed by atoms with Crippen LogP contribution in [0.15, 0.2) is 12.4 Å². The summed E-state index contributed by atoms with van der Waals surface area (Å²) >= 11 is 0. The SMILES string of the molecule is N#CCn1cc(NC(=O)C(=O)O)cn1. The van der Waals surface area contributed by atoms with Crippen LogP contribution in [0.5, 0.6) is 0 Å². The van der Waals surface area contributed by atoms with Crippen LogP contribution in [0.3, 0.4) is 0 Å². The number of hydrogen-bond acceptors (Lipinski definition) is 4. The van der Waals surface area contributed by atoms with E-state index in [0.29, 0.717) is 0 Å². The molecule has 1 aromatic rings. The predicted molar refractivity (Wildman–Crippen MR) is 44.1 cm³/mol. The Hall–Kier alpha value is -2.36. The second kappa shape index (κ2) is 4.04. The monoisotopic (exact) mass is 194 g/mol. The van der Waals surface area contributed by atoms with Gasteiger partial charge < -0.3 is 10.4 Å². The van der Waals surface area contributed by atoms with Crippen LogP contribution in [0.25, 0.3) is 0 Å². The molecule has 0 aliphatic carbocycles. The van der Waals surface area contributed by atoms with Crippen LogP contribution in [0, 0.1) is 11.3 Å². The third-order valence-electron chi connectivity index (χ3n) is 1.32. The molecule has 72 valence electrons. The number of carboxylic acids is 1. The lowest BCUT2D eigenvalue weighted by molar-refractivity contribution is -0.147. The second-order valence-corrected chi connectivity index (χ2v) is 2.34. The molecule has 0 unspecified atom stereocenters. The highest BCUT2D eigenvalue weighted by molar-refractivity contribution is 6.36. The van der Waals surface area contributed by atoms with Gasteiger partial charge in [-0.05, 0) is 0 Å². The van der Waals surface area contributed by atoms with Gasteiger partial charge in [-0.15, -0.1) is 0 Å². The molecule has 1 heterocycles. The molecule has 1 rings (SSSR count). The van der Waals surface area contributed by atoms with Crippen molar-refractivity contribution in [2.45, 2.75) is 6.54 Å². The number of hydrogen-bond donors (Lipinski definition) is 2. The third-order valence-corrected chi connectivity index (χ3v) is 1.32. The van der Waals surface area contributed by atoms with E-state index >= 15 is 0 Å². The number of nitrogens with zero attached hydrogens (tertiary/aromatic N) is 3. The quantitative estimate of drug-likeness (QED) is 0.613. The van der Waals surface area contributed by atoms with Crippen molar-refractivity contribution in [3.05, 3.63) is 12.4 Å². The molecule has 0 spiro atoms. The molecule has 0 bridgehead atoms. The number of anilines is 1. The van der Waals surface area contributed by atoms with E-state index in [1.54, 1.807) is 0 Å². The molecule has 0 aromatic carbocycles. The fraction of sp³-hybridized carbons (Fsp3) is 0.143. The van der Waals surface area contributed by atoms with Crippen molar-refractivity contribution in [3.63, 3.8) is 0 Å². The van der Waals surface area contributed by atoms with Gasteiger partial charge in [-0.25, -0.2) is 4.79 Å². The van der Waals surface area contributed by atoms with Gasteiger partial charge in [0.15, 0.2) is 0 Å². The van der Waals surface area contributed by atoms with E-state index in [4.69, 9.17) is 10.4 Å². The number of nitriles is 1. The Labute approximate surface area is 78.6 Å². The lowest BCUT2D eigenvalue weighted by Crippen LogP contribution is -2.21. The summed E-state index contributed by atoms with van der Waals surface area (Å²) in [6.07, 6.45) is 2.63. The molecule has 0 aliphatic heterocycles. The van der Waals surface area contributed by atoms with Crippen molar-refractivity contribution in [1.29, 1.82) is 5.26 Å². The maximum Gasteiger partial charge on any atom is 0.394 e. The Kier molecular flexibility index (Phi) is 2.81. The van der Waals surface area contributed by atoms with Crippen LogP contribution < -0.4 is 5.32 Å². The molecular formula is C7H6N4O3. The molecule has 7 heteroatoms. The molecule has 2 N–H and O–H groups in total. The van der Waals surface area contributed by atoms with Gasteiger partial charge in [0.1, 0.15) is 6.54 Å². The van der Waals surface area contributed by atoms with Crippen LogP contribution in [0.2, 0.25) is 0 Å². The summed E-state index contributed by atoms with van der Waals surface area (Å²) in [5, 5.41) is 22.4. The Morgan fingerprint density at radius 1 is 1.71 bits per heavy atom. The fourth-order valence-electron chi connectivity index (χ4n) is 0.772. The zero-order valence-corrected chi connectivity index (χ0v) is 6.97. The van der Waals surface area contributed by atoms with Crippen LogP contribution in [-0.2, 0) is 16.1 Å². The number of carbonyl (C=O) groups is 2. The number of carboxylic acid groups (broad SMARTS) is 1. The van der Waals surface area contributed by atoms with E-state index in [0.717, 1.165) is 0 Å². The molecule has 0 atom stereocenters. The number of aromatic nitrogens is 2. The maximum absolute atomic E-state index is 10.7. The number of aliphatic carboxylic acids is 1. The van der Waals surface area contributed by atoms with Gasteiger partial charge in [-0.3, -0.25) is 9.48 Å². The smallest absolute Gasteiger partial charge is 0.394 e. The molecule has 1 amide bonds. The summed E-state index contributed by atoms with van der Waals surface area (Å²) < 4.78 is 1.28. The van der Waals surface area contributed by atoms with E-state index in [-0.39, 0.29) is 12.2 Å². The summed E-state index contributed by atoms with van der Waals surface area (Å²) in [5.41, 5.74) is 0.243. The van der Waals surface area contributed by atoms with Gasteiger partial charge in [0.2, 0.25) is 0 Å². The largest absolute Gasteiger partial charge is 0.474 e. The molecule has 0 saturated carbocycles. The van der Waals surface area contributed by atoms with Crippen LogP contribution in [0.1, 0.15) is 0 Å². The Morgan fingerprint density at radius 2 is 2.43 bits per heavy atom. The molecule has 7 nitrogen and oxygen atoms in total. The summed E-state index contributed by atoms with van der Waals surface area (Å²) in [6.45, 7) is 0.0446. The van der Waals surface area contributed by atoms with Gasteiger partial charge in [0.25, 0.3) is 0 Å². The van der Waals surface area contributed by atoms with Crippen molar-refractivity contribution in [2.75, 3.05) is 5.32 Å². The predicted octanol–water partition coefficient (Wildman–Crippen LogP) is -0.570. The van der Waals surface area contributed by atoms with E-state index < -0.39 is 11.9 Å². The lowest BCUT2D eigenvalue weighted by atomic mass is 10.5. The first-order chi connectivity index (χ1) is 6.63. The lowest BCUT2D eigenvalue weighted by Gasteiger charge is -1.95. The summed E-state index contributed by atoms with van der Waals surface area (Å²) in [4.78, 5) is 20.8. The normalized spacial score (nSPS) is 9.07. The van der Waals surface area contributed by atoms with Gasteiger partial charge in [-0.1, -0.05) is 0 Å². The minimum atomic E-state index is -1.57. The third kappa shape index (κ3) is 2.31. The van der Waals surface area contributed by atoms with Crippen molar-refractivity contribution in [1.82, 2.24) is 9.78 Å². The van der Waals surface area contributed by atoms with Crippen molar-refractivity contribution < 1.29 is 14.7 Å². The van der Waals surface area contributed by atoms with Crippen LogP contribution in [0.4, 0.5) is 5.69 Å². The Bertz CT molecular complexity index is 403. The number of nitrogens with one attached hydrogen (secondary N) is 1. The minimum absolute atomic E-state index is 0.0446. The zero-order valence-electron chi connectivity index (χ0n) is 6.97. The average Bonchev–Trinajstić information content (AvgIpc) is 2.53. The van der Waals surface area contributed by atoms with Gasteiger partial charge in [0.05, 0.1) is 18.0 Å². The van der Waals surface area contributed by atoms with Crippen molar-refractivity contribution in [3.8, 4) is 6.07 Å². The van der Waals surface area contributed by atoms with Crippen LogP contribution in [-0.4, -0.2) is 26.8 Å². The highest BCUT2D eigenvalue weighted by Gasteiger charge is 2.11. The molecule has 0 saturated heterocycles. The van der Waals surface area contributed by atoms with Crippen LogP contribution >= 0.6 is 0 Å². The first-order valence-electron chi connectivity index (χ1n) is 3.57. The standard InChI is InChI=1S/C7H6N4O3/c8-1-2-11-4-5(3-9-11)10-6(12)7(13)14/h3-4H,2H2,(H,10,12)(H,13,14). The summed E-state index contributed by atoms with van der Waals surface area (Å²) in [5.74, 6) is -2.71. The van der Waals surface area contributed by atoms with E-state index in [1.165, 1.54) is 17.1 Å². The molecule has 14 heavy (non-hydrogen) atoms. The Balaban J connectivity index is 2.65. The minimum Gasteiger partial charge on any atom is -0.474 e. The number of carbonyl (C=O) groups excluding carboxylic acids is 1. The summed E-state index contributed by atoms with van der Waals surface area (Å²) in [6, 6.07) is 1.84. The number of amides is 1. The van der Waals surface area contributed by atoms with E-state index in [9.17, 15) is 9.59 Å². The number of rotatable bonds is 2. The topological polar surface area (TPSA) is 108 Å². The molecule has 0 aliphatic rings. The highest BCUT2D eigenvalue weighted by atomic mass is 16.4. The van der Waals surface area contributed by atoms with Gasteiger partial charge in [-0.2, -0.15) is 10.4 Å². The molecular weight excluding hydrogens is 188 g/mol. The first kappa shape index (κ1) is 9.73. The fourth-order valence-corrected chi connectivity index (χ4v) is 0.772. The molecule has 0 fully saturated rings.